The quantitative estimate of drug-likeness (QED) is 0.418. The second-order valence-electron chi connectivity index (χ2n) is 5.72. The van der Waals surface area contributed by atoms with Crippen molar-refractivity contribution in [3.05, 3.63) is 0 Å². The van der Waals surface area contributed by atoms with E-state index in [1.165, 1.54) is 0 Å². The van der Waals surface area contributed by atoms with E-state index in [1.54, 1.807) is 0 Å². The fourth-order valence-corrected chi connectivity index (χ4v) is 2.26. The van der Waals surface area contributed by atoms with Crippen molar-refractivity contribution in [2.24, 2.45) is 5.41 Å². The molecule has 1 atom stereocenters. The van der Waals surface area contributed by atoms with Crippen LogP contribution in [0.2, 0.25) is 0 Å². The van der Waals surface area contributed by atoms with Gasteiger partial charge >= 0.3 is 0 Å². The van der Waals surface area contributed by atoms with Crippen molar-refractivity contribution in [1.29, 1.82) is 0 Å². The van der Waals surface area contributed by atoms with Crippen LogP contribution in [0.4, 0.5) is 0 Å². The van der Waals surface area contributed by atoms with Crippen LogP contribution in [0.3, 0.4) is 0 Å². The van der Waals surface area contributed by atoms with E-state index in [4.69, 9.17) is 0 Å². The summed E-state index contributed by atoms with van der Waals surface area (Å²) in [5, 5.41) is 33.3. The first kappa shape index (κ1) is 15.4. The second kappa shape index (κ2) is 5.97. The number of rotatable bonds is 5. The fraction of sp³-hybridized carbons (Fsp3) is 0.917. The van der Waals surface area contributed by atoms with Crippen molar-refractivity contribution in [1.82, 2.24) is 10.6 Å². The van der Waals surface area contributed by atoms with Crippen molar-refractivity contribution in [3.8, 4) is 0 Å². The number of aliphatic hydroxyl groups excluding tert-OH is 3. The maximum absolute atomic E-state index is 12.2. The predicted molar refractivity (Wildman–Crippen MR) is 66.9 cm³/mol. The summed E-state index contributed by atoms with van der Waals surface area (Å²) < 4.78 is 0. The van der Waals surface area contributed by atoms with Crippen molar-refractivity contribution in [2.45, 2.75) is 38.3 Å². The standard InChI is InChI=1S/C12H24N2O4/c1-11(2)4-3-5-13-9(11)10(18)14-12(6-15,7-16)8-17/h9,13,15-17H,3-8H2,1-2H3,(H,14,18). The Morgan fingerprint density at radius 2 is 1.89 bits per heavy atom. The first-order valence-corrected chi connectivity index (χ1v) is 6.29. The summed E-state index contributed by atoms with van der Waals surface area (Å²) in [4.78, 5) is 12.2. The number of hydrogen-bond donors (Lipinski definition) is 5. The molecular formula is C12H24N2O4. The Balaban J connectivity index is 2.74. The zero-order valence-corrected chi connectivity index (χ0v) is 11.1. The maximum Gasteiger partial charge on any atom is 0.238 e. The Bertz CT molecular complexity index is 282. The number of hydrogen-bond acceptors (Lipinski definition) is 5. The first-order valence-electron chi connectivity index (χ1n) is 6.29. The Labute approximate surface area is 107 Å². The lowest BCUT2D eigenvalue weighted by atomic mass is 9.77. The Morgan fingerprint density at radius 1 is 1.33 bits per heavy atom. The highest BCUT2D eigenvalue weighted by atomic mass is 16.3. The minimum atomic E-state index is -1.35. The molecule has 0 aromatic rings. The van der Waals surface area contributed by atoms with Gasteiger partial charge in [0.1, 0.15) is 5.54 Å². The third kappa shape index (κ3) is 3.20. The minimum Gasteiger partial charge on any atom is -0.394 e. The van der Waals surface area contributed by atoms with E-state index in [0.29, 0.717) is 0 Å². The lowest BCUT2D eigenvalue weighted by Crippen LogP contribution is -2.64. The molecule has 106 valence electrons. The molecule has 1 fully saturated rings. The van der Waals surface area contributed by atoms with Crippen LogP contribution in [0.25, 0.3) is 0 Å². The van der Waals surface area contributed by atoms with Gasteiger partial charge in [0.15, 0.2) is 0 Å². The van der Waals surface area contributed by atoms with Crippen LogP contribution >= 0.6 is 0 Å². The van der Waals surface area contributed by atoms with Gasteiger partial charge in [-0.15, -0.1) is 0 Å². The molecule has 0 bridgehead atoms. The predicted octanol–water partition coefficient (Wildman–Crippen LogP) is -1.40. The molecule has 1 rings (SSSR count). The Hall–Kier alpha value is -0.690. The highest BCUT2D eigenvalue weighted by Crippen LogP contribution is 2.30. The molecule has 1 saturated heterocycles. The number of carbonyl (C=O) groups excluding carboxylic acids is 1. The summed E-state index contributed by atoms with van der Waals surface area (Å²) in [5.74, 6) is -0.295. The van der Waals surface area contributed by atoms with Gasteiger partial charge in [0.25, 0.3) is 0 Å². The van der Waals surface area contributed by atoms with Gasteiger partial charge in [0.05, 0.1) is 25.9 Å². The third-order valence-electron chi connectivity index (χ3n) is 3.69. The lowest BCUT2D eigenvalue weighted by Gasteiger charge is -2.40. The van der Waals surface area contributed by atoms with Gasteiger partial charge in [-0.25, -0.2) is 0 Å². The van der Waals surface area contributed by atoms with Gasteiger partial charge < -0.3 is 26.0 Å². The number of amides is 1. The molecule has 0 aromatic heterocycles. The largest absolute Gasteiger partial charge is 0.394 e. The van der Waals surface area contributed by atoms with Crippen LogP contribution < -0.4 is 10.6 Å². The number of nitrogens with one attached hydrogen (secondary N) is 2. The monoisotopic (exact) mass is 260 g/mol. The molecule has 1 amide bonds. The minimum absolute atomic E-state index is 0.186. The number of piperidine rings is 1. The molecule has 6 heteroatoms. The SMILES string of the molecule is CC1(C)CCCNC1C(=O)NC(CO)(CO)CO. The van der Waals surface area contributed by atoms with E-state index < -0.39 is 25.4 Å². The first-order chi connectivity index (χ1) is 8.40. The molecule has 0 saturated carbocycles. The molecule has 0 spiro atoms. The van der Waals surface area contributed by atoms with Gasteiger partial charge in [0.2, 0.25) is 5.91 Å². The van der Waals surface area contributed by atoms with Crippen LogP contribution in [0.1, 0.15) is 26.7 Å². The lowest BCUT2D eigenvalue weighted by molar-refractivity contribution is -0.131. The zero-order chi connectivity index (χ0) is 13.8. The maximum atomic E-state index is 12.2. The number of aliphatic hydroxyl groups is 3. The average Bonchev–Trinajstić information content (AvgIpc) is 2.35. The van der Waals surface area contributed by atoms with Gasteiger partial charge in [-0.05, 0) is 24.8 Å². The van der Waals surface area contributed by atoms with Crippen molar-refractivity contribution in [3.63, 3.8) is 0 Å². The summed E-state index contributed by atoms with van der Waals surface area (Å²) in [6, 6.07) is -0.379. The van der Waals surface area contributed by atoms with E-state index >= 15 is 0 Å². The Kier molecular flexibility index (Phi) is 5.10. The molecule has 18 heavy (non-hydrogen) atoms. The molecule has 5 N–H and O–H groups in total. The molecule has 1 aliphatic heterocycles. The van der Waals surface area contributed by atoms with Crippen LogP contribution in [-0.2, 0) is 4.79 Å². The highest BCUT2D eigenvalue weighted by molar-refractivity contribution is 5.83. The fourth-order valence-electron chi connectivity index (χ4n) is 2.26. The van der Waals surface area contributed by atoms with Gasteiger partial charge in [-0.2, -0.15) is 0 Å². The van der Waals surface area contributed by atoms with Gasteiger partial charge in [-0.1, -0.05) is 13.8 Å². The second-order valence-corrected chi connectivity index (χ2v) is 5.72. The molecular weight excluding hydrogens is 236 g/mol. The van der Waals surface area contributed by atoms with E-state index in [9.17, 15) is 20.1 Å². The molecule has 6 nitrogen and oxygen atoms in total. The van der Waals surface area contributed by atoms with Crippen LogP contribution in [0.5, 0.6) is 0 Å². The van der Waals surface area contributed by atoms with E-state index in [0.717, 1.165) is 19.4 Å². The third-order valence-corrected chi connectivity index (χ3v) is 3.69. The normalized spacial score (nSPS) is 23.7. The molecule has 0 aromatic carbocycles. The van der Waals surface area contributed by atoms with E-state index in [1.807, 2.05) is 13.8 Å². The number of carbonyl (C=O) groups is 1. The smallest absolute Gasteiger partial charge is 0.238 e. The van der Waals surface area contributed by atoms with E-state index in [-0.39, 0.29) is 17.4 Å². The van der Waals surface area contributed by atoms with Crippen LogP contribution in [0.15, 0.2) is 0 Å². The summed E-state index contributed by atoms with van der Waals surface area (Å²) in [6.45, 7) is 3.27. The Morgan fingerprint density at radius 3 is 2.33 bits per heavy atom. The summed E-state index contributed by atoms with van der Waals surface area (Å²) in [7, 11) is 0. The van der Waals surface area contributed by atoms with Crippen molar-refractivity contribution >= 4 is 5.91 Å². The van der Waals surface area contributed by atoms with E-state index in [2.05, 4.69) is 10.6 Å². The summed E-state index contributed by atoms with van der Waals surface area (Å²) in [5.41, 5.74) is -1.54. The van der Waals surface area contributed by atoms with Gasteiger partial charge in [0, 0.05) is 0 Å². The highest BCUT2D eigenvalue weighted by Gasteiger charge is 2.40. The molecule has 1 unspecified atom stereocenters. The molecule has 0 aliphatic carbocycles. The topological polar surface area (TPSA) is 102 Å². The average molecular weight is 260 g/mol. The summed E-state index contributed by atoms with van der Waals surface area (Å²) >= 11 is 0. The van der Waals surface area contributed by atoms with Crippen molar-refractivity contribution in [2.75, 3.05) is 26.4 Å². The van der Waals surface area contributed by atoms with Crippen molar-refractivity contribution < 1.29 is 20.1 Å². The van der Waals surface area contributed by atoms with Gasteiger partial charge in [-0.3, -0.25) is 4.79 Å². The van der Waals surface area contributed by atoms with Crippen LogP contribution in [0, 0.1) is 5.41 Å². The van der Waals surface area contributed by atoms with Crippen LogP contribution in [-0.4, -0.2) is 59.2 Å². The zero-order valence-electron chi connectivity index (χ0n) is 11.1. The molecule has 1 aliphatic rings. The molecule has 1 heterocycles. The molecule has 0 radical (unpaired) electrons. The summed E-state index contributed by atoms with van der Waals surface area (Å²) in [6.07, 6.45) is 1.95.